The third-order valence-corrected chi connectivity index (χ3v) is 4.86. The Kier molecular flexibility index (Phi) is 4.16. The summed E-state index contributed by atoms with van der Waals surface area (Å²) in [5.74, 6) is 0.222. The summed E-state index contributed by atoms with van der Waals surface area (Å²) < 4.78 is 0. The van der Waals surface area contributed by atoms with Crippen molar-refractivity contribution in [2.75, 3.05) is 11.1 Å². The Morgan fingerprint density at radius 3 is 3.00 bits per heavy atom. The minimum absolute atomic E-state index is 0.170. The van der Waals surface area contributed by atoms with Crippen LogP contribution in [0.2, 0.25) is 0 Å². The van der Waals surface area contributed by atoms with Gasteiger partial charge in [0.25, 0.3) is 0 Å². The van der Waals surface area contributed by atoms with Gasteiger partial charge in [0.1, 0.15) is 11.6 Å². The number of pyridine rings is 3. The summed E-state index contributed by atoms with van der Waals surface area (Å²) in [6, 6.07) is 7.79. The maximum absolute atomic E-state index is 12.2. The molecule has 0 unspecified atom stereocenters. The van der Waals surface area contributed by atoms with Crippen molar-refractivity contribution in [3.05, 3.63) is 42.4 Å². The molecule has 1 amide bonds. The predicted molar refractivity (Wildman–Crippen MR) is 102 cm³/mol. The van der Waals surface area contributed by atoms with E-state index in [0.717, 1.165) is 34.0 Å². The number of rotatable bonds is 4. The molecule has 4 rings (SSSR count). The lowest BCUT2D eigenvalue weighted by Crippen LogP contribution is -2.15. The largest absolute Gasteiger partial charge is 0.383 e. The number of nitriles is 1. The standard InChI is InChI=1S/C20H18N6O/c1-2-11-3-4-23-9-15(11)17-6-12-7-18(24-10-16(12)19(22)25-17)26-20(27)14-5-13(14)8-21/h3-4,6-7,9-10,13-14H,2,5H2,1H3,(H2,22,25)(H,24,26,27)/t13-,14-/m0/s1. The highest BCUT2D eigenvalue weighted by Gasteiger charge is 2.43. The highest BCUT2D eigenvalue weighted by Crippen LogP contribution is 2.38. The van der Waals surface area contributed by atoms with Crippen molar-refractivity contribution >= 4 is 28.3 Å². The summed E-state index contributed by atoms with van der Waals surface area (Å²) in [6.45, 7) is 2.08. The van der Waals surface area contributed by atoms with Crippen LogP contribution in [0.3, 0.4) is 0 Å². The Balaban J connectivity index is 1.70. The number of carbonyl (C=O) groups excluding carboxylic acids is 1. The molecule has 3 aromatic heterocycles. The van der Waals surface area contributed by atoms with Gasteiger partial charge < -0.3 is 11.1 Å². The molecule has 3 aromatic rings. The number of amides is 1. The normalized spacial score (nSPS) is 18.1. The van der Waals surface area contributed by atoms with Crippen LogP contribution < -0.4 is 11.1 Å². The van der Waals surface area contributed by atoms with Crippen LogP contribution >= 0.6 is 0 Å². The van der Waals surface area contributed by atoms with Crippen LogP contribution in [0.4, 0.5) is 11.6 Å². The number of hydrogen-bond donors (Lipinski definition) is 2. The smallest absolute Gasteiger partial charge is 0.230 e. The van der Waals surface area contributed by atoms with Crippen molar-refractivity contribution in [3.63, 3.8) is 0 Å². The van der Waals surface area contributed by atoms with Crippen LogP contribution in [0.5, 0.6) is 0 Å². The summed E-state index contributed by atoms with van der Waals surface area (Å²) in [4.78, 5) is 25.1. The van der Waals surface area contributed by atoms with E-state index in [4.69, 9.17) is 11.0 Å². The van der Waals surface area contributed by atoms with Gasteiger partial charge >= 0.3 is 0 Å². The quantitative estimate of drug-likeness (QED) is 0.740. The van der Waals surface area contributed by atoms with Crippen molar-refractivity contribution in [1.29, 1.82) is 5.26 Å². The van der Waals surface area contributed by atoms with E-state index >= 15 is 0 Å². The number of anilines is 2. The van der Waals surface area contributed by atoms with Crippen LogP contribution in [-0.4, -0.2) is 20.9 Å². The third kappa shape index (κ3) is 3.17. The van der Waals surface area contributed by atoms with Gasteiger partial charge in [-0.1, -0.05) is 6.92 Å². The molecular weight excluding hydrogens is 340 g/mol. The molecular formula is C20H18N6O. The predicted octanol–water partition coefficient (Wildman–Crippen LogP) is 2.93. The van der Waals surface area contributed by atoms with E-state index < -0.39 is 0 Å². The second-order valence-corrected chi connectivity index (χ2v) is 6.64. The number of nitrogen functional groups attached to an aromatic ring is 1. The number of nitrogens with one attached hydrogen (secondary N) is 1. The minimum atomic E-state index is -0.243. The lowest BCUT2D eigenvalue weighted by atomic mass is 10.0. The van der Waals surface area contributed by atoms with Crippen molar-refractivity contribution in [2.45, 2.75) is 19.8 Å². The van der Waals surface area contributed by atoms with E-state index in [9.17, 15) is 4.79 Å². The van der Waals surface area contributed by atoms with Gasteiger partial charge in [-0.2, -0.15) is 5.26 Å². The van der Waals surface area contributed by atoms with E-state index in [1.807, 2.05) is 12.1 Å². The van der Waals surface area contributed by atoms with Gasteiger partial charge in [0, 0.05) is 29.5 Å². The maximum Gasteiger partial charge on any atom is 0.230 e. The fourth-order valence-electron chi connectivity index (χ4n) is 3.19. The Morgan fingerprint density at radius 1 is 1.41 bits per heavy atom. The molecule has 3 heterocycles. The molecule has 0 aliphatic heterocycles. The second kappa shape index (κ2) is 6.65. The lowest BCUT2D eigenvalue weighted by molar-refractivity contribution is -0.117. The molecule has 0 saturated heterocycles. The van der Waals surface area contributed by atoms with Crippen LogP contribution in [0.1, 0.15) is 18.9 Å². The maximum atomic E-state index is 12.2. The number of aromatic nitrogens is 3. The molecule has 27 heavy (non-hydrogen) atoms. The van der Waals surface area contributed by atoms with Crippen LogP contribution in [-0.2, 0) is 11.2 Å². The molecule has 0 bridgehead atoms. The zero-order chi connectivity index (χ0) is 19.0. The number of carbonyl (C=O) groups is 1. The number of fused-ring (bicyclic) bond motifs is 1. The number of hydrogen-bond acceptors (Lipinski definition) is 6. The molecule has 1 fully saturated rings. The van der Waals surface area contributed by atoms with Crippen LogP contribution in [0.15, 0.2) is 36.8 Å². The lowest BCUT2D eigenvalue weighted by Gasteiger charge is -2.10. The van der Waals surface area contributed by atoms with E-state index in [2.05, 4.69) is 33.3 Å². The van der Waals surface area contributed by atoms with Gasteiger partial charge in [0.2, 0.25) is 5.91 Å². The molecule has 1 aliphatic rings. The van der Waals surface area contributed by atoms with Crippen LogP contribution in [0.25, 0.3) is 22.0 Å². The van der Waals surface area contributed by atoms with E-state index in [-0.39, 0.29) is 17.7 Å². The number of nitrogens with zero attached hydrogens (tertiary/aromatic N) is 4. The summed E-state index contributed by atoms with van der Waals surface area (Å²) in [5.41, 5.74) is 8.94. The number of nitrogens with two attached hydrogens (primary N) is 1. The molecule has 134 valence electrons. The van der Waals surface area contributed by atoms with Gasteiger partial charge in [-0.3, -0.25) is 9.78 Å². The second-order valence-electron chi connectivity index (χ2n) is 6.64. The Labute approximate surface area is 156 Å². The monoisotopic (exact) mass is 358 g/mol. The third-order valence-electron chi connectivity index (χ3n) is 4.86. The molecule has 3 N–H and O–H groups in total. The molecule has 1 aliphatic carbocycles. The van der Waals surface area contributed by atoms with Gasteiger partial charge in [-0.05, 0) is 42.0 Å². The zero-order valence-electron chi connectivity index (χ0n) is 14.8. The van der Waals surface area contributed by atoms with E-state index in [0.29, 0.717) is 18.1 Å². The average molecular weight is 358 g/mol. The molecule has 7 nitrogen and oxygen atoms in total. The average Bonchev–Trinajstić information content (AvgIpc) is 3.47. The zero-order valence-corrected chi connectivity index (χ0v) is 14.8. The first kappa shape index (κ1) is 16.9. The van der Waals surface area contributed by atoms with Gasteiger partial charge in [0.05, 0.1) is 23.6 Å². The van der Waals surface area contributed by atoms with E-state index in [1.165, 1.54) is 0 Å². The molecule has 1 saturated carbocycles. The van der Waals surface area contributed by atoms with Gasteiger partial charge in [-0.15, -0.1) is 0 Å². The Hall–Kier alpha value is -3.53. The van der Waals surface area contributed by atoms with Crippen molar-refractivity contribution in [2.24, 2.45) is 11.8 Å². The van der Waals surface area contributed by atoms with Crippen molar-refractivity contribution in [3.8, 4) is 17.3 Å². The molecule has 0 spiro atoms. The first-order valence-corrected chi connectivity index (χ1v) is 8.80. The fourth-order valence-corrected chi connectivity index (χ4v) is 3.19. The van der Waals surface area contributed by atoms with E-state index in [1.54, 1.807) is 24.7 Å². The Morgan fingerprint density at radius 2 is 2.26 bits per heavy atom. The highest BCUT2D eigenvalue weighted by molar-refractivity contribution is 5.98. The first-order valence-electron chi connectivity index (χ1n) is 8.80. The van der Waals surface area contributed by atoms with Gasteiger partial charge in [0.15, 0.2) is 0 Å². The SMILES string of the molecule is CCc1ccncc1-c1cc2cc(NC(=O)[C@H]3C[C@H]3C#N)ncc2c(N)n1. The fraction of sp³-hybridized carbons (Fsp3) is 0.250. The topological polar surface area (TPSA) is 118 Å². The summed E-state index contributed by atoms with van der Waals surface area (Å²) in [6.07, 6.45) is 6.62. The van der Waals surface area contributed by atoms with Crippen molar-refractivity contribution in [1.82, 2.24) is 15.0 Å². The summed E-state index contributed by atoms with van der Waals surface area (Å²) >= 11 is 0. The summed E-state index contributed by atoms with van der Waals surface area (Å²) in [5, 5.41) is 13.2. The molecule has 2 atom stereocenters. The Bertz CT molecular complexity index is 1090. The molecule has 0 radical (unpaired) electrons. The van der Waals surface area contributed by atoms with Crippen molar-refractivity contribution < 1.29 is 4.79 Å². The van der Waals surface area contributed by atoms with Crippen LogP contribution in [0, 0.1) is 23.2 Å². The highest BCUT2D eigenvalue weighted by atomic mass is 16.2. The minimum Gasteiger partial charge on any atom is -0.383 e. The molecule has 0 aromatic carbocycles. The number of aryl methyl sites for hydroxylation is 1. The summed E-state index contributed by atoms with van der Waals surface area (Å²) in [7, 11) is 0. The molecule has 7 heteroatoms. The first-order chi connectivity index (χ1) is 13.1. The van der Waals surface area contributed by atoms with Gasteiger partial charge in [-0.25, -0.2) is 9.97 Å².